The first-order chi connectivity index (χ1) is 5.59. The van der Waals surface area contributed by atoms with Crippen LogP contribution in [0.2, 0.25) is 0 Å². The van der Waals surface area contributed by atoms with Gasteiger partial charge in [0, 0.05) is 34.9 Å². The average molecular weight is 229 g/mol. The average Bonchev–Trinajstić information content (AvgIpc) is 2.34. The molecular formula is C6H10N2NaO2S2. The van der Waals surface area contributed by atoms with Crippen LogP contribution < -0.4 is 4.72 Å². The molecule has 0 aliphatic heterocycles. The Morgan fingerprint density at radius 1 is 1.54 bits per heavy atom. The fourth-order valence-electron chi connectivity index (χ4n) is 0.681. The van der Waals surface area contributed by atoms with E-state index in [1.807, 2.05) is 19.2 Å². The Hall–Kier alpha value is 0.380. The smallest absolute Gasteiger partial charge is 0.224 e. The van der Waals surface area contributed by atoms with Crippen molar-refractivity contribution in [3.05, 3.63) is 11.1 Å². The maximum atomic E-state index is 10.2. The van der Waals surface area contributed by atoms with Gasteiger partial charge in [0.15, 0.2) is 5.13 Å². The molecule has 0 atom stereocenters. The summed E-state index contributed by atoms with van der Waals surface area (Å²) in [5.41, 5.74) is 0.916. The summed E-state index contributed by atoms with van der Waals surface area (Å²) in [5.74, 6) is 0.335. The number of nitrogens with zero attached hydrogens (tertiary/aromatic N) is 1. The van der Waals surface area contributed by atoms with Crippen LogP contribution in [-0.2, 0) is 10.9 Å². The van der Waals surface area contributed by atoms with Gasteiger partial charge in [-0.3, -0.25) is 4.72 Å². The van der Waals surface area contributed by atoms with Crippen molar-refractivity contribution in [1.82, 2.24) is 4.98 Å². The zero-order valence-corrected chi connectivity index (χ0v) is 11.5. The first-order valence-electron chi connectivity index (χ1n) is 3.46. The van der Waals surface area contributed by atoms with E-state index in [0.29, 0.717) is 11.0 Å². The van der Waals surface area contributed by atoms with Crippen molar-refractivity contribution >= 4 is 56.9 Å². The summed E-state index contributed by atoms with van der Waals surface area (Å²) < 4.78 is 22.7. The molecule has 0 bridgehead atoms. The van der Waals surface area contributed by atoms with Gasteiger partial charge in [0.05, 0.1) is 5.69 Å². The minimum Gasteiger partial charge on any atom is -0.261 e. The number of nitrogens with one attached hydrogen (secondary N) is 1. The van der Waals surface area contributed by atoms with Crippen molar-refractivity contribution in [2.75, 3.05) is 4.72 Å². The summed E-state index contributed by atoms with van der Waals surface area (Å²) in [6.45, 7) is 4.02. The Labute approximate surface area is 105 Å². The number of thiol groups is 1. The van der Waals surface area contributed by atoms with Gasteiger partial charge < -0.3 is 0 Å². The predicted octanol–water partition coefficient (Wildman–Crippen LogP) is 0.824. The third-order valence-electron chi connectivity index (χ3n) is 1.30. The van der Waals surface area contributed by atoms with Crippen molar-refractivity contribution in [2.45, 2.75) is 19.8 Å². The van der Waals surface area contributed by atoms with Gasteiger partial charge in [-0.2, -0.15) is 0 Å². The van der Waals surface area contributed by atoms with Crippen LogP contribution in [0.1, 0.15) is 25.5 Å². The summed E-state index contributed by atoms with van der Waals surface area (Å²) in [5, 5.41) is 2.29. The minimum atomic E-state index is -2.58. The van der Waals surface area contributed by atoms with Crippen molar-refractivity contribution in [1.29, 1.82) is 0 Å². The van der Waals surface area contributed by atoms with E-state index < -0.39 is 10.9 Å². The monoisotopic (exact) mass is 229 g/mol. The van der Waals surface area contributed by atoms with Gasteiger partial charge in [-0.05, 0) is 5.92 Å². The Morgan fingerprint density at radius 3 is 2.54 bits per heavy atom. The zero-order chi connectivity index (χ0) is 9.14. The number of hydrogen-bond donors (Lipinski definition) is 2. The minimum absolute atomic E-state index is 0. The molecule has 4 nitrogen and oxygen atoms in total. The molecule has 0 spiro atoms. The Bertz CT molecular complexity index is 327. The van der Waals surface area contributed by atoms with Crippen LogP contribution in [0.4, 0.5) is 5.13 Å². The first kappa shape index (κ1) is 13.4. The molecule has 1 rings (SSSR count). The van der Waals surface area contributed by atoms with Crippen molar-refractivity contribution < 1.29 is 8.42 Å². The van der Waals surface area contributed by atoms with Gasteiger partial charge in [0.2, 0.25) is 10.9 Å². The van der Waals surface area contributed by atoms with Gasteiger partial charge in [-0.15, -0.1) is 11.3 Å². The van der Waals surface area contributed by atoms with Gasteiger partial charge in [-0.25, -0.2) is 13.4 Å². The number of rotatable bonds is 3. The van der Waals surface area contributed by atoms with Gasteiger partial charge in [0.1, 0.15) is 0 Å². The van der Waals surface area contributed by atoms with Crippen LogP contribution in [0, 0.1) is 0 Å². The number of thiazole rings is 1. The standard InChI is InChI=1S/C6H10N2O2S2.Na/c1-4(2)5-3-11-6(7-5)8-12(9)10;/h3-4,12H,1-2H3,(H,7,8,9,10);. The topological polar surface area (TPSA) is 59.1 Å². The summed E-state index contributed by atoms with van der Waals surface area (Å²) in [7, 11) is -2.58. The molecule has 0 saturated carbocycles. The van der Waals surface area contributed by atoms with E-state index in [9.17, 15) is 8.42 Å². The van der Waals surface area contributed by atoms with E-state index in [4.69, 9.17) is 0 Å². The SMILES string of the molecule is CC(C)c1csc(N[SH](=O)=O)n1.[Na]. The molecule has 0 amide bonds. The van der Waals surface area contributed by atoms with Crippen LogP contribution in [0.3, 0.4) is 0 Å². The van der Waals surface area contributed by atoms with E-state index in [2.05, 4.69) is 9.71 Å². The van der Waals surface area contributed by atoms with E-state index in [-0.39, 0.29) is 29.6 Å². The molecule has 1 aromatic rings. The molecule has 0 aromatic carbocycles. The van der Waals surface area contributed by atoms with E-state index in [0.717, 1.165) is 5.69 Å². The Balaban J connectivity index is 0.00000144. The van der Waals surface area contributed by atoms with E-state index >= 15 is 0 Å². The summed E-state index contributed by atoms with van der Waals surface area (Å²) in [6, 6.07) is 0. The summed E-state index contributed by atoms with van der Waals surface area (Å²) >= 11 is 1.30. The second-order valence-corrected chi connectivity index (χ2v) is 4.20. The summed E-state index contributed by atoms with van der Waals surface area (Å²) in [6.07, 6.45) is 0. The van der Waals surface area contributed by atoms with Crippen LogP contribution in [0.15, 0.2) is 5.38 Å². The Kier molecular flexibility index (Phi) is 6.15. The molecule has 1 aromatic heterocycles. The largest absolute Gasteiger partial charge is 0.261 e. The third-order valence-corrected chi connectivity index (χ3v) is 2.62. The third kappa shape index (κ3) is 4.42. The molecule has 1 radical (unpaired) electrons. The fraction of sp³-hybridized carbons (Fsp3) is 0.500. The van der Waals surface area contributed by atoms with Crippen LogP contribution in [0.5, 0.6) is 0 Å². The van der Waals surface area contributed by atoms with E-state index in [1.165, 1.54) is 11.3 Å². The maximum Gasteiger partial charge on any atom is 0.224 e. The number of hydrogen-bond acceptors (Lipinski definition) is 4. The molecule has 13 heavy (non-hydrogen) atoms. The Morgan fingerprint density at radius 2 is 2.15 bits per heavy atom. The van der Waals surface area contributed by atoms with Crippen molar-refractivity contribution in [2.24, 2.45) is 0 Å². The molecule has 0 unspecified atom stereocenters. The normalized spacial score (nSPS) is 10.2. The van der Waals surface area contributed by atoms with Gasteiger partial charge in [-0.1, -0.05) is 13.8 Å². The van der Waals surface area contributed by atoms with Gasteiger partial charge in [0.25, 0.3) is 0 Å². The first-order valence-corrected chi connectivity index (χ1v) is 5.52. The molecule has 7 heteroatoms. The quantitative estimate of drug-likeness (QED) is 0.596. The molecule has 0 saturated heterocycles. The second-order valence-electron chi connectivity index (χ2n) is 2.60. The zero-order valence-electron chi connectivity index (χ0n) is 7.77. The predicted molar refractivity (Wildman–Crippen MR) is 55.9 cm³/mol. The van der Waals surface area contributed by atoms with E-state index in [1.54, 1.807) is 0 Å². The maximum absolute atomic E-state index is 10.2. The molecule has 0 aliphatic carbocycles. The fourth-order valence-corrected chi connectivity index (χ4v) is 2.04. The number of anilines is 1. The molecule has 0 aliphatic rings. The van der Waals surface area contributed by atoms with Gasteiger partial charge >= 0.3 is 0 Å². The second kappa shape index (κ2) is 5.98. The molecule has 1 heterocycles. The number of aromatic nitrogens is 1. The van der Waals surface area contributed by atoms with Crippen molar-refractivity contribution in [3.8, 4) is 0 Å². The molecule has 1 N–H and O–H groups in total. The molecule has 0 fully saturated rings. The van der Waals surface area contributed by atoms with Crippen LogP contribution in [-0.4, -0.2) is 43.0 Å². The van der Waals surface area contributed by atoms with Crippen LogP contribution >= 0.6 is 11.3 Å². The molecule has 69 valence electrons. The summed E-state index contributed by atoms with van der Waals surface area (Å²) in [4.78, 5) is 4.07. The van der Waals surface area contributed by atoms with Crippen LogP contribution in [0.25, 0.3) is 0 Å². The molecular weight excluding hydrogens is 219 g/mol. The van der Waals surface area contributed by atoms with Crippen molar-refractivity contribution in [3.63, 3.8) is 0 Å².